The van der Waals surface area contributed by atoms with E-state index in [2.05, 4.69) is 6.92 Å². The molecule has 0 aromatic heterocycles. The van der Waals surface area contributed by atoms with Crippen molar-refractivity contribution in [1.29, 1.82) is 0 Å². The van der Waals surface area contributed by atoms with Crippen LogP contribution in [0.2, 0.25) is 0 Å². The summed E-state index contributed by atoms with van der Waals surface area (Å²) < 4.78 is 34.0. The fourth-order valence-corrected chi connectivity index (χ4v) is 4.93. The first kappa shape index (κ1) is 21.1. The minimum atomic E-state index is -3.87. The van der Waals surface area contributed by atoms with Crippen molar-refractivity contribution >= 4 is 21.4 Å². The first-order valence-electron chi connectivity index (χ1n) is 9.87. The summed E-state index contributed by atoms with van der Waals surface area (Å²) in [6.45, 7) is 4.16. The van der Waals surface area contributed by atoms with Gasteiger partial charge in [0.25, 0.3) is 15.7 Å². The molecule has 1 unspecified atom stereocenters. The molecular weight excluding hydrogens is 392 g/mol. The van der Waals surface area contributed by atoms with Crippen molar-refractivity contribution in [2.24, 2.45) is 0 Å². The second-order valence-electron chi connectivity index (χ2n) is 7.35. The maximum atomic E-state index is 13.4. The Morgan fingerprint density at radius 2 is 1.86 bits per heavy atom. The lowest BCUT2D eigenvalue weighted by molar-refractivity contribution is -0.384. The molecule has 3 rings (SSSR count). The van der Waals surface area contributed by atoms with Gasteiger partial charge < -0.3 is 4.74 Å². The number of unbranched alkanes of at least 4 members (excludes halogenated alkanes) is 3. The minimum Gasteiger partial charge on any atom is -0.486 e. The number of ether oxygens (including phenoxy) is 1. The molecule has 1 aliphatic rings. The SMILES string of the molecule is CCCCCCC1CN(S(=O)(=O)c2ccc(C)cc2)c2cc([N+](=O)[O-])ccc2O1. The molecule has 7 nitrogen and oxygen atoms in total. The molecule has 1 atom stereocenters. The molecule has 0 spiro atoms. The third-order valence-electron chi connectivity index (χ3n) is 5.07. The molecule has 0 saturated carbocycles. The van der Waals surface area contributed by atoms with Gasteiger partial charge in [-0.05, 0) is 38.0 Å². The van der Waals surface area contributed by atoms with Crippen molar-refractivity contribution in [1.82, 2.24) is 0 Å². The zero-order valence-corrected chi connectivity index (χ0v) is 17.5. The van der Waals surface area contributed by atoms with E-state index in [4.69, 9.17) is 4.74 Å². The Hall–Kier alpha value is -2.61. The molecule has 0 bridgehead atoms. The Morgan fingerprint density at radius 3 is 2.52 bits per heavy atom. The molecule has 0 aliphatic carbocycles. The minimum absolute atomic E-state index is 0.135. The van der Waals surface area contributed by atoms with Gasteiger partial charge in [0.2, 0.25) is 0 Å². The largest absolute Gasteiger partial charge is 0.486 e. The van der Waals surface area contributed by atoms with Crippen LogP contribution in [0.1, 0.15) is 44.6 Å². The van der Waals surface area contributed by atoms with Crippen molar-refractivity contribution in [3.8, 4) is 5.75 Å². The standard InChI is InChI=1S/C21H26N2O5S/c1-3-4-5-6-7-18-15-22(29(26,27)19-11-8-16(2)9-12-19)20-14-17(23(24)25)10-13-21(20)28-18/h8-14,18H,3-7,15H2,1-2H3. The number of hydrogen-bond donors (Lipinski definition) is 0. The monoisotopic (exact) mass is 418 g/mol. The Labute approximate surface area is 171 Å². The zero-order chi connectivity index (χ0) is 21.0. The number of non-ortho nitro benzene ring substituents is 1. The fraction of sp³-hybridized carbons (Fsp3) is 0.429. The summed E-state index contributed by atoms with van der Waals surface area (Å²) in [5.74, 6) is 0.359. The van der Waals surface area contributed by atoms with Crippen molar-refractivity contribution in [3.05, 3.63) is 58.1 Å². The van der Waals surface area contributed by atoms with E-state index in [0.717, 1.165) is 37.7 Å². The van der Waals surface area contributed by atoms with Crippen LogP contribution in [0.4, 0.5) is 11.4 Å². The molecule has 29 heavy (non-hydrogen) atoms. The van der Waals surface area contributed by atoms with E-state index < -0.39 is 14.9 Å². The van der Waals surface area contributed by atoms with Crippen molar-refractivity contribution in [2.75, 3.05) is 10.8 Å². The zero-order valence-electron chi connectivity index (χ0n) is 16.7. The molecule has 0 fully saturated rings. The number of sulfonamides is 1. The highest BCUT2D eigenvalue weighted by Crippen LogP contribution is 2.40. The molecule has 156 valence electrons. The maximum absolute atomic E-state index is 13.4. The topological polar surface area (TPSA) is 89.8 Å². The van der Waals surface area contributed by atoms with Gasteiger partial charge in [0.05, 0.1) is 16.4 Å². The summed E-state index contributed by atoms with van der Waals surface area (Å²) in [5, 5.41) is 11.2. The number of nitrogens with zero attached hydrogens (tertiary/aromatic N) is 2. The predicted molar refractivity (Wildman–Crippen MR) is 112 cm³/mol. The van der Waals surface area contributed by atoms with Gasteiger partial charge in [-0.1, -0.05) is 43.9 Å². The molecule has 2 aromatic carbocycles. The fourth-order valence-electron chi connectivity index (χ4n) is 3.43. The van der Waals surface area contributed by atoms with Crippen LogP contribution in [0.25, 0.3) is 0 Å². The summed E-state index contributed by atoms with van der Waals surface area (Å²) in [4.78, 5) is 10.8. The van der Waals surface area contributed by atoms with Crippen LogP contribution in [0.5, 0.6) is 5.75 Å². The van der Waals surface area contributed by atoms with Gasteiger partial charge in [0.1, 0.15) is 17.5 Å². The lowest BCUT2D eigenvalue weighted by atomic mass is 10.1. The first-order chi connectivity index (χ1) is 13.8. The smallest absolute Gasteiger partial charge is 0.271 e. The number of rotatable bonds is 8. The summed E-state index contributed by atoms with van der Waals surface area (Å²) in [7, 11) is -3.87. The van der Waals surface area contributed by atoms with Crippen LogP contribution in [0.15, 0.2) is 47.4 Å². The Bertz CT molecular complexity index is 973. The molecule has 0 saturated heterocycles. The van der Waals surface area contributed by atoms with Gasteiger partial charge >= 0.3 is 0 Å². The second-order valence-corrected chi connectivity index (χ2v) is 9.21. The van der Waals surface area contributed by atoms with Crippen LogP contribution in [0.3, 0.4) is 0 Å². The number of aryl methyl sites for hydroxylation is 1. The lowest BCUT2D eigenvalue weighted by Crippen LogP contribution is -2.43. The van der Waals surface area contributed by atoms with Crippen molar-refractivity contribution < 1.29 is 18.1 Å². The maximum Gasteiger partial charge on any atom is 0.271 e. The summed E-state index contributed by atoms with van der Waals surface area (Å²) in [6.07, 6.45) is 4.69. The lowest BCUT2D eigenvalue weighted by Gasteiger charge is -2.35. The molecule has 1 heterocycles. The number of hydrogen-bond acceptors (Lipinski definition) is 5. The van der Waals surface area contributed by atoms with Crippen molar-refractivity contribution in [2.45, 2.75) is 57.0 Å². The first-order valence-corrected chi connectivity index (χ1v) is 11.3. The predicted octanol–water partition coefficient (Wildman–Crippen LogP) is 4.83. The third kappa shape index (κ3) is 4.70. The van der Waals surface area contributed by atoms with Crippen LogP contribution in [0, 0.1) is 17.0 Å². The van der Waals surface area contributed by atoms with Crippen LogP contribution in [-0.2, 0) is 10.0 Å². The van der Waals surface area contributed by atoms with Crippen molar-refractivity contribution in [3.63, 3.8) is 0 Å². The number of benzene rings is 2. The van der Waals surface area contributed by atoms with E-state index in [1.54, 1.807) is 24.3 Å². The van der Waals surface area contributed by atoms with E-state index in [1.807, 2.05) is 6.92 Å². The Kier molecular flexibility index (Phi) is 6.42. The molecule has 0 radical (unpaired) electrons. The van der Waals surface area contributed by atoms with Gasteiger partial charge in [0, 0.05) is 12.1 Å². The highest BCUT2D eigenvalue weighted by molar-refractivity contribution is 7.92. The van der Waals surface area contributed by atoms with E-state index in [-0.39, 0.29) is 28.9 Å². The second kappa shape index (κ2) is 8.82. The van der Waals surface area contributed by atoms with Gasteiger partial charge in [0.15, 0.2) is 0 Å². The Morgan fingerprint density at radius 1 is 1.14 bits per heavy atom. The van der Waals surface area contributed by atoms with E-state index in [1.165, 1.54) is 22.5 Å². The molecule has 0 N–H and O–H groups in total. The quantitative estimate of drug-likeness (QED) is 0.348. The van der Waals surface area contributed by atoms with E-state index >= 15 is 0 Å². The van der Waals surface area contributed by atoms with Gasteiger partial charge in [-0.15, -0.1) is 0 Å². The number of nitro groups is 1. The highest BCUT2D eigenvalue weighted by atomic mass is 32.2. The van der Waals surface area contributed by atoms with E-state index in [0.29, 0.717) is 5.75 Å². The van der Waals surface area contributed by atoms with Gasteiger partial charge in [-0.2, -0.15) is 0 Å². The summed E-state index contributed by atoms with van der Waals surface area (Å²) in [5.41, 5.74) is 0.998. The molecule has 8 heteroatoms. The van der Waals surface area contributed by atoms with Gasteiger partial charge in [-0.3, -0.25) is 14.4 Å². The average Bonchev–Trinajstić information content (AvgIpc) is 2.70. The normalized spacial score (nSPS) is 16.2. The Balaban J connectivity index is 1.97. The highest BCUT2D eigenvalue weighted by Gasteiger charge is 2.35. The molecule has 1 aliphatic heterocycles. The third-order valence-corrected chi connectivity index (χ3v) is 6.87. The number of nitro benzene ring substituents is 1. The molecule has 2 aromatic rings. The molecular formula is C21H26N2O5S. The summed E-state index contributed by atoms with van der Waals surface area (Å²) in [6, 6.07) is 10.7. The van der Waals surface area contributed by atoms with E-state index in [9.17, 15) is 18.5 Å². The molecule has 0 amide bonds. The number of anilines is 1. The number of fused-ring (bicyclic) bond motifs is 1. The average molecular weight is 419 g/mol. The van der Waals surface area contributed by atoms with Gasteiger partial charge in [-0.25, -0.2) is 8.42 Å². The van der Waals surface area contributed by atoms with Crippen LogP contribution >= 0.6 is 0 Å². The van der Waals surface area contributed by atoms with Crippen LogP contribution < -0.4 is 9.04 Å². The van der Waals surface area contributed by atoms with Crippen LogP contribution in [-0.4, -0.2) is 26.0 Å². The summed E-state index contributed by atoms with van der Waals surface area (Å²) >= 11 is 0.